The molecule has 0 aromatic heterocycles. The summed E-state index contributed by atoms with van der Waals surface area (Å²) in [7, 11) is 3.69. The summed E-state index contributed by atoms with van der Waals surface area (Å²) in [5, 5.41) is 2.93. The van der Waals surface area contributed by atoms with Gasteiger partial charge in [-0.1, -0.05) is 18.2 Å². The van der Waals surface area contributed by atoms with Crippen LogP contribution in [-0.2, 0) is 6.42 Å². The molecule has 1 aliphatic heterocycles. The van der Waals surface area contributed by atoms with Crippen LogP contribution in [0.2, 0.25) is 0 Å². The summed E-state index contributed by atoms with van der Waals surface area (Å²) in [5.74, 6) is 0.619. The highest BCUT2D eigenvalue weighted by Gasteiger charge is 2.21. The monoisotopic (exact) mass is 381 g/mol. The molecule has 0 unspecified atom stereocenters. The van der Waals surface area contributed by atoms with Crippen LogP contribution in [0.15, 0.2) is 48.5 Å². The zero-order valence-electron chi connectivity index (χ0n) is 16.5. The van der Waals surface area contributed by atoms with E-state index in [1.165, 1.54) is 0 Å². The maximum Gasteiger partial charge on any atom is 0.253 e. The number of methoxy groups -OCH3 is 1. The first kappa shape index (κ1) is 19.9. The molecular formula is C22H27N3O3. The fraction of sp³-hybridized carbons (Fsp3) is 0.364. The average molecular weight is 381 g/mol. The molecule has 1 fully saturated rings. The maximum atomic E-state index is 12.7. The lowest BCUT2D eigenvalue weighted by Gasteiger charge is -2.32. The van der Waals surface area contributed by atoms with E-state index in [2.05, 4.69) is 17.3 Å². The molecule has 0 bridgehead atoms. The minimum absolute atomic E-state index is 0.0147. The van der Waals surface area contributed by atoms with Gasteiger partial charge in [0.25, 0.3) is 11.8 Å². The van der Waals surface area contributed by atoms with E-state index < -0.39 is 0 Å². The molecule has 0 saturated carbocycles. The lowest BCUT2D eigenvalue weighted by molar-refractivity contribution is 0.0664. The van der Waals surface area contributed by atoms with Gasteiger partial charge in [-0.05, 0) is 49.4 Å². The molecule has 2 aromatic rings. The van der Waals surface area contributed by atoms with Crippen LogP contribution in [-0.4, -0.2) is 68.5 Å². The first-order valence-electron chi connectivity index (χ1n) is 9.56. The van der Waals surface area contributed by atoms with Crippen molar-refractivity contribution in [2.24, 2.45) is 0 Å². The highest BCUT2D eigenvalue weighted by Crippen LogP contribution is 2.13. The second-order valence-electron chi connectivity index (χ2n) is 7.03. The second-order valence-corrected chi connectivity index (χ2v) is 7.03. The van der Waals surface area contributed by atoms with Crippen molar-refractivity contribution in [3.63, 3.8) is 0 Å². The summed E-state index contributed by atoms with van der Waals surface area (Å²) < 4.78 is 5.22. The van der Waals surface area contributed by atoms with E-state index in [1.54, 1.807) is 31.4 Å². The Hall–Kier alpha value is -2.86. The molecule has 148 valence electrons. The smallest absolute Gasteiger partial charge is 0.253 e. The summed E-state index contributed by atoms with van der Waals surface area (Å²) in [6, 6.07) is 14.7. The standard InChI is InChI=1S/C22H27N3O3/c1-24-11-13-25(14-12-24)22(27)19-7-4-6-18(16-19)21(26)23-10-9-17-5-3-8-20(15-17)28-2/h3-8,15-16H,9-14H2,1-2H3,(H,23,26). The highest BCUT2D eigenvalue weighted by molar-refractivity contribution is 5.99. The fourth-order valence-corrected chi connectivity index (χ4v) is 3.24. The minimum atomic E-state index is -0.170. The van der Waals surface area contributed by atoms with E-state index in [4.69, 9.17) is 4.74 Å². The van der Waals surface area contributed by atoms with Crippen LogP contribution in [0, 0.1) is 0 Å². The quantitative estimate of drug-likeness (QED) is 0.832. The maximum absolute atomic E-state index is 12.7. The lowest BCUT2D eigenvalue weighted by atomic mass is 10.1. The molecule has 1 aliphatic rings. The number of nitrogens with zero attached hydrogens (tertiary/aromatic N) is 2. The van der Waals surface area contributed by atoms with Crippen molar-refractivity contribution in [1.29, 1.82) is 0 Å². The number of rotatable bonds is 6. The van der Waals surface area contributed by atoms with Crippen molar-refractivity contribution < 1.29 is 14.3 Å². The Labute approximate surface area is 166 Å². The number of benzene rings is 2. The molecule has 0 atom stereocenters. The van der Waals surface area contributed by atoms with E-state index in [0.717, 1.165) is 24.4 Å². The van der Waals surface area contributed by atoms with E-state index in [9.17, 15) is 9.59 Å². The third-order valence-corrected chi connectivity index (χ3v) is 5.00. The average Bonchev–Trinajstić information content (AvgIpc) is 2.74. The first-order valence-corrected chi connectivity index (χ1v) is 9.56. The molecule has 28 heavy (non-hydrogen) atoms. The highest BCUT2D eigenvalue weighted by atomic mass is 16.5. The molecular weight excluding hydrogens is 354 g/mol. The number of likely N-dealkylation sites (N-methyl/N-ethyl adjacent to an activating group) is 1. The van der Waals surface area contributed by atoms with E-state index in [0.29, 0.717) is 37.2 Å². The Morgan fingerprint density at radius 2 is 1.71 bits per heavy atom. The number of piperazine rings is 1. The van der Waals surface area contributed by atoms with Gasteiger partial charge >= 0.3 is 0 Å². The van der Waals surface area contributed by atoms with Crippen LogP contribution in [0.5, 0.6) is 5.75 Å². The number of carbonyl (C=O) groups excluding carboxylic acids is 2. The molecule has 3 rings (SSSR count). The largest absolute Gasteiger partial charge is 0.497 e. The van der Waals surface area contributed by atoms with Gasteiger partial charge in [-0.25, -0.2) is 0 Å². The Bertz CT molecular complexity index is 829. The normalized spacial score (nSPS) is 14.6. The van der Waals surface area contributed by atoms with Gasteiger partial charge in [-0.2, -0.15) is 0 Å². The summed E-state index contributed by atoms with van der Waals surface area (Å²) in [5.41, 5.74) is 2.16. The van der Waals surface area contributed by atoms with Gasteiger partial charge in [-0.15, -0.1) is 0 Å². The molecule has 1 saturated heterocycles. The Kier molecular flexibility index (Phi) is 6.66. The second kappa shape index (κ2) is 9.37. The van der Waals surface area contributed by atoms with Crippen molar-refractivity contribution in [2.45, 2.75) is 6.42 Å². The van der Waals surface area contributed by atoms with Crippen molar-refractivity contribution in [3.05, 3.63) is 65.2 Å². The van der Waals surface area contributed by atoms with Crippen molar-refractivity contribution in [2.75, 3.05) is 46.9 Å². The summed E-state index contributed by atoms with van der Waals surface area (Å²) in [6.07, 6.45) is 0.711. The zero-order chi connectivity index (χ0) is 19.9. The van der Waals surface area contributed by atoms with E-state index in [-0.39, 0.29) is 11.8 Å². The number of nitrogens with one attached hydrogen (secondary N) is 1. The topological polar surface area (TPSA) is 61.9 Å². The SMILES string of the molecule is COc1cccc(CCNC(=O)c2cccc(C(=O)N3CCN(C)CC3)c2)c1. The van der Waals surface area contributed by atoms with Crippen LogP contribution in [0.1, 0.15) is 26.3 Å². The Morgan fingerprint density at radius 3 is 2.46 bits per heavy atom. The van der Waals surface area contributed by atoms with Crippen molar-refractivity contribution in [1.82, 2.24) is 15.1 Å². The van der Waals surface area contributed by atoms with Crippen LogP contribution in [0.4, 0.5) is 0 Å². The molecule has 6 nitrogen and oxygen atoms in total. The first-order chi connectivity index (χ1) is 13.6. The zero-order valence-corrected chi connectivity index (χ0v) is 16.5. The summed E-state index contributed by atoms with van der Waals surface area (Å²) >= 11 is 0. The Balaban J connectivity index is 1.56. The van der Waals surface area contributed by atoms with Crippen molar-refractivity contribution in [3.8, 4) is 5.75 Å². The van der Waals surface area contributed by atoms with Gasteiger partial charge in [0.1, 0.15) is 5.75 Å². The van der Waals surface area contributed by atoms with Crippen LogP contribution in [0.25, 0.3) is 0 Å². The summed E-state index contributed by atoms with van der Waals surface area (Å²) in [6.45, 7) is 3.69. The summed E-state index contributed by atoms with van der Waals surface area (Å²) in [4.78, 5) is 29.2. The molecule has 1 N–H and O–H groups in total. The van der Waals surface area contributed by atoms with E-state index in [1.807, 2.05) is 29.2 Å². The van der Waals surface area contributed by atoms with Gasteiger partial charge in [-0.3, -0.25) is 9.59 Å². The number of hydrogen-bond acceptors (Lipinski definition) is 4. The number of hydrogen-bond donors (Lipinski definition) is 1. The third-order valence-electron chi connectivity index (χ3n) is 5.00. The fourth-order valence-electron chi connectivity index (χ4n) is 3.24. The van der Waals surface area contributed by atoms with Crippen LogP contribution < -0.4 is 10.1 Å². The van der Waals surface area contributed by atoms with Crippen LogP contribution >= 0.6 is 0 Å². The number of carbonyl (C=O) groups is 2. The molecule has 0 spiro atoms. The van der Waals surface area contributed by atoms with Gasteiger partial charge in [0, 0.05) is 43.9 Å². The molecule has 1 heterocycles. The Morgan fingerprint density at radius 1 is 1.00 bits per heavy atom. The van der Waals surface area contributed by atoms with Crippen molar-refractivity contribution >= 4 is 11.8 Å². The predicted molar refractivity (Wildman–Crippen MR) is 109 cm³/mol. The molecule has 6 heteroatoms. The number of ether oxygens (including phenoxy) is 1. The van der Waals surface area contributed by atoms with Gasteiger partial charge < -0.3 is 19.9 Å². The lowest BCUT2D eigenvalue weighted by Crippen LogP contribution is -2.47. The minimum Gasteiger partial charge on any atom is -0.497 e. The predicted octanol–water partition coefficient (Wildman–Crippen LogP) is 2.06. The van der Waals surface area contributed by atoms with Gasteiger partial charge in [0.15, 0.2) is 0 Å². The third kappa shape index (κ3) is 5.10. The van der Waals surface area contributed by atoms with E-state index >= 15 is 0 Å². The molecule has 2 aromatic carbocycles. The molecule has 0 aliphatic carbocycles. The number of amides is 2. The van der Waals surface area contributed by atoms with Gasteiger partial charge in [0.2, 0.25) is 0 Å². The molecule has 2 amide bonds. The van der Waals surface area contributed by atoms with Crippen LogP contribution in [0.3, 0.4) is 0 Å². The van der Waals surface area contributed by atoms with Gasteiger partial charge in [0.05, 0.1) is 7.11 Å². The molecule has 0 radical (unpaired) electrons.